The highest BCUT2D eigenvalue weighted by Gasteiger charge is 2.28. The van der Waals surface area contributed by atoms with Gasteiger partial charge in [0.05, 0.1) is 4.90 Å². The van der Waals surface area contributed by atoms with E-state index >= 15 is 0 Å². The molecule has 0 aliphatic heterocycles. The summed E-state index contributed by atoms with van der Waals surface area (Å²) in [7, 11) is -4.64. The van der Waals surface area contributed by atoms with Crippen molar-refractivity contribution in [1.82, 2.24) is 0 Å². The number of benzene rings is 1. The SMILES string of the molecule is CSOOc1c(C(C)C)cc(C(C)C)c(S(=O)(=O)[O-])c1C(C)C. The Bertz CT molecular complexity index is 649. The minimum Gasteiger partial charge on any atom is -0.744 e. The summed E-state index contributed by atoms with van der Waals surface area (Å²) in [5, 5.41) is 0. The summed E-state index contributed by atoms with van der Waals surface area (Å²) < 4.78 is 40.8. The zero-order valence-corrected chi connectivity index (χ0v) is 16.3. The van der Waals surface area contributed by atoms with Crippen molar-refractivity contribution in [1.29, 1.82) is 0 Å². The van der Waals surface area contributed by atoms with Gasteiger partial charge in [-0.1, -0.05) is 47.6 Å². The van der Waals surface area contributed by atoms with Crippen LogP contribution in [0.15, 0.2) is 11.0 Å². The summed E-state index contributed by atoms with van der Waals surface area (Å²) >= 11 is 1.01. The van der Waals surface area contributed by atoms with Crippen LogP contribution in [0.25, 0.3) is 0 Å². The molecule has 23 heavy (non-hydrogen) atoms. The van der Waals surface area contributed by atoms with E-state index in [9.17, 15) is 13.0 Å². The molecule has 0 saturated carbocycles. The fourth-order valence-electron chi connectivity index (χ4n) is 2.53. The smallest absolute Gasteiger partial charge is 0.174 e. The molecular weight excluding hydrogens is 336 g/mol. The molecule has 1 rings (SSSR count). The van der Waals surface area contributed by atoms with Crippen LogP contribution in [0.1, 0.15) is 76.0 Å². The molecule has 1 aromatic carbocycles. The van der Waals surface area contributed by atoms with E-state index in [1.54, 1.807) is 12.3 Å². The van der Waals surface area contributed by atoms with Gasteiger partial charge in [0.15, 0.2) is 5.75 Å². The Morgan fingerprint density at radius 2 is 1.52 bits per heavy atom. The summed E-state index contributed by atoms with van der Waals surface area (Å²) in [4.78, 5) is 5.20. The van der Waals surface area contributed by atoms with Gasteiger partial charge in [-0.25, -0.2) is 8.42 Å². The van der Waals surface area contributed by atoms with Gasteiger partial charge < -0.3 is 9.44 Å². The Labute approximate surface area is 143 Å². The van der Waals surface area contributed by atoms with Crippen LogP contribution in [0.3, 0.4) is 0 Å². The van der Waals surface area contributed by atoms with E-state index < -0.39 is 10.1 Å². The maximum Gasteiger partial charge on any atom is 0.174 e. The van der Waals surface area contributed by atoms with Crippen molar-refractivity contribution in [3.05, 3.63) is 22.8 Å². The third kappa shape index (κ3) is 4.62. The maximum absolute atomic E-state index is 11.9. The highest BCUT2D eigenvalue weighted by Crippen LogP contribution is 2.43. The normalized spacial score (nSPS) is 12.5. The standard InChI is InChI=1S/C16H26O5S2/c1-9(2)12-8-13(10(3)4)16(23(17,18)19)14(11(5)6)15(12)20-21-22-7/h8-11H,1-7H3,(H,17,18,19)/p-1. The van der Waals surface area contributed by atoms with Crippen LogP contribution < -0.4 is 4.89 Å². The molecule has 0 fully saturated rings. The molecular formula is C16H25O5S2-. The van der Waals surface area contributed by atoms with E-state index in [-0.39, 0.29) is 22.6 Å². The molecule has 0 saturated heterocycles. The van der Waals surface area contributed by atoms with Crippen molar-refractivity contribution >= 4 is 22.2 Å². The quantitative estimate of drug-likeness (QED) is 0.307. The first-order valence-electron chi connectivity index (χ1n) is 7.56. The fourth-order valence-corrected chi connectivity index (χ4v) is 3.85. The third-order valence-electron chi connectivity index (χ3n) is 3.58. The minimum absolute atomic E-state index is 0.0915. The summed E-state index contributed by atoms with van der Waals surface area (Å²) in [6.07, 6.45) is 1.69. The number of rotatable bonds is 7. The topological polar surface area (TPSA) is 75.7 Å². The van der Waals surface area contributed by atoms with E-state index in [0.29, 0.717) is 16.9 Å². The molecule has 0 heterocycles. The Balaban J connectivity index is 3.93. The summed E-state index contributed by atoms with van der Waals surface area (Å²) in [6, 6.07) is 1.75. The van der Waals surface area contributed by atoms with Gasteiger partial charge in [0.1, 0.15) is 10.1 Å². The zero-order chi connectivity index (χ0) is 17.9. The predicted molar refractivity (Wildman–Crippen MR) is 91.9 cm³/mol. The van der Waals surface area contributed by atoms with Crippen molar-refractivity contribution in [3.63, 3.8) is 0 Å². The highest BCUT2D eigenvalue weighted by atomic mass is 32.2. The van der Waals surface area contributed by atoms with Crippen LogP contribution in [-0.4, -0.2) is 19.2 Å². The Morgan fingerprint density at radius 3 is 1.87 bits per heavy atom. The lowest BCUT2D eigenvalue weighted by molar-refractivity contribution is -0.0795. The summed E-state index contributed by atoms with van der Waals surface area (Å²) in [5.74, 6) is 0.127. The van der Waals surface area contributed by atoms with Crippen molar-refractivity contribution in [2.45, 2.75) is 64.2 Å². The molecule has 132 valence electrons. The molecule has 0 bridgehead atoms. The summed E-state index contributed by atoms with van der Waals surface area (Å²) in [6.45, 7) is 11.4. The molecule has 0 atom stereocenters. The lowest BCUT2D eigenvalue weighted by Gasteiger charge is -2.27. The molecule has 0 radical (unpaired) electrons. The van der Waals surface area contributed by atoms with Gasteiger partial charge in [0.25, 0.3) is 0 Å². The average Bonchev–Trinajstić information content (AvgIpc) is 2.41. The molecule has 7 heteroatoms. The molecule has 0 aromatic heterocycles. The van der Waals surface area contributed by atoms with Crippen LogP contribution in [0.4, 0.5) is 0 Å². The van der Waals surface area contributed by atoms with Crippen molar-refractivity contribution < 1.29 is 22.2 Å². The van der Waals surface area contributed by atoms with Crippen molar-refractivity contribution in [2.24, 2.45) is 0 Å². The fraction of sp³-hybridized carbons (Fsp3) is 0.625. The van der Waals surface area contributed by atoms with Gasteiger partial charge in [0, 0.05) is 29.4 Å². The third-order valence-corrected chi connectivity index (χ3v) is 4.74. The zero-order valence-electron chi connectivity index (χ0n) is 14.7. The largest absolute Gasteiger partial charge is 0.744 e. The van der Waals surface area contributed by atoms with Crippen LogP contribution in [0.2, 0.25) is 0 Å². The second kappa shape index (κ2) is 7.88. The molecule has 0 aliphatic carbocycles. The molecule has 0 unspecified atom stereocenters. The molecule has 0 aliphatic rings. The lowest BCUT2D eigenvalue weighted by atomic mass is 9.88. The Kier molecular flexibility index (Phi) is 6.95. The van der Waals surface area contributed by atoms with Gasteiger partial charge in [-0.15, -0.1) is 4.33 Å². The Morgan fingerprint density at radius 1 is 1.00 bits per heavy atom. The lowest BCUT2D eigenvalue weighted by Crippen LogP contribution is -2.14. The first-order chi connectivity index (χ1) is 10.5. The van der Waals surface area contributed by atoms with Gasteiger partial charge in [0.2, 0.25) is 0 Å². The van der Waals surface area contributed by atoms with E-state index in [0.717, 1.165) is 17.6 Å². The average molecular weight is 362 g/mol. The molecule has 0 spiro atoms. The van der Waals surface area contributed by atoms with Gasteiger partial charge in [-0.05, 0) is 23.3 Å². The number of hydrogen-bond acceptors (Lipinski definition) is 6. The first kappa shape index (κ1) is 20.3. The van der Waals surface area contributed by atoms with Crippen LogP contribution in [0, 0.1) is 0 Å². The van der Waals surface area contributed by atoms with Gasteiger partial charge in [-0.2, -0.15) is 0 Å². The van der Waals surface area contributed by atoms with E-state index in [4.69, 9.17) is 9.22 Å². The molecule has 0 amide bonds. The van der Waals surface area contributed by atoms with E-state index in [1.807, 2.05) is 41.5 Å². The number of hydrogen-bond donors (Lipinski definition) is 0. The predicted octanol–water partition coefficient (Wildman–Crippen LogP) is 4.55. The van der Waals surface area contributed by atoms with Gasteiger partial charge >= 0.3 is 0 Å². The monoisotopic (exact) mass is 361 g/mol. The second-order valence-electron chi connectivity index (χ2n) is 6.36. The maximum atomic E-state index is 11.9. The second-order valence-corrected chi connectivity index (χ2v) is 8.15. The van der Waals surface area contributed by atoms with E-state index in [1.165, 1.54) is 0 Å². The first-order valence-corrected chi connectivity index (χ1v) is 10.1. The Hall–Kier alpha value is -0.760. The van der Waals surface area contributed by atoms with Crippen LogP contribution in [0.5, 0.6) is 5.75 Å². The highest BCUT2D eigenvalue weighted by molar-refractivity contribution is 7.93. The van der Waals surface area contributed by atoms with E-state index in [2.05, 4.69) is 0 Å². The molecule has 5 nitrogen and oxygen atoms in total. The molecule has 1 aromatic rings. The van der Waals surface area contributed by atoms with Crippen molar-refractivity contribution in [2.75, 3.05) is 6.26 Å². The minimum atomic E-state index is -4.64. The van der Waals surface area contributed by atoms with Crippen LogP contribution in [-0.2, 0) is 14.5 Å². The van der Waals surface area contributed by atoms with Gasteiger partial charge in [-0.3, -0.25) is 0 Å². The van der Waals surface area contributed by atoms with Crippen molar-refractivity contribution in [3.8, 4) is 5.75 Å². The van der Waals surface area contributed by atoms with Crippen LogP contribution >= 0.6 is 12.0 Å². The molecule has 0 N–H and O–H groups in total. The summed E-state index contributed by atoms with van der Waals surface area (Å²) in [5.41, 5.74) is 1.76.